The quantitative estimate of drug-likeness (QED) is 0.414. The topological polar surface area (TPSA) is 37.3 Å². The van der Waals surface area contributed by atoms with Gasteiger partial charge in [-0.05, 0) is 86.6 Å². The summed E-state index contributed by atoms with van der Waals surface area (Å²) in [5, 5.41) is 5.53. The summed E-state index contributed by atoms with van der Waals surface area (Å²) in [5.41, 5.74) is 7.23. The van der Waals surface area contributed by atoms with Crippen LogP contribution < -0.4 is 5.43 Å². The Balaban J connectivity index is 1.38. The molecular formula is C26H26FN3. The summed E-state index contributed by atoms with van der Waals surface area (Å²) in [5.74, 6) is 2.39. The summed E-state index contributed by atoms with van der Waals surface area (Å²) in [6.45, 7) is 0. The number of rotatable bonds is 4. The van der Waals surface area contributed by atoms with Gasteiger partial charge in [-0.15, -0.1) is 0 Å². The largest absolute Gasteiger partial charge is 0.278 e. The lowest BCUT2D eigenvalue weighted by Crippen LogP contribution is -2.49. The van der Waals surface area contributed by atoms with Crippen molar-refractivity contribution in [2.45, 2.75) is 43.9 Å². The third-order valence-electron chi connectivity index (χ3n) is 7.55. The molecular weight excluding hydrogens is 373 g/mol. The maximum absolute atomic E-state index is 13.4. The molecule has 1 heterocycles. The van der Waals surface area contributed by atoms with Gasteiger partial charge in [0.05, 0.1) is 17.4 Å². The predicted molar refractivity (Wildman–Crippen MR) is 119 cm³/mol. The second-order valence-electron chi connectivity index (χ2n) is 9.69. The molecule has 7 rings (SSSR count). The number of hydrogen-bond donors (Lipinski definition) is 1. The fourth-order valence-corrected chi connectivity index (χ4v) is 6.74. The molecule has 4 aliphatic carbocycles. The summed E-state index contributed by atoms with van der Waals surface area (Å²) in [4.78, 5) is 5.17. The summed E-state index contributed by atoms with van der Waals surface area (Å²) in [6, 6.07) is 17.0. The Labute approximate surface area is 176 Å². The van der Waals surface area contributed by atoms with Crippen molar-refractivity contribution in [1.82, 2.24) is 4.98 Å². The molecule has 0 saturated heterocycles. The molecule has 0 aliphatic heterocycles. The van der Waals surface area contributed by atoms with E-state index in [1.54, 1.807) is 6.07 Å². The predicted octanol–water partition coefficient (Wildman–Crippen LogP) is 6.29. The van der Waals surface area contributed by atoms with Crippen molar-refractivity contribution in [2.75, 3.05) is 5.43 Å². The van der Waals surface area contributed by atoms with Crippen molar-refractivity contribution in [3.05, 3.63) is 71.7 Å². The van der Waals surface area contributed by atoms with Gasteiger partial charge in [0.1, 0.15) is 5.82 Å². The number of nitrogens with one attached hydrogen (secondary N) is 1. The van der Waals surface area contributed by atoms with Gasteiger partial charge in [-0.1, -0.05) is 24.3 Å². The van der Waals surface area contributed by atoms with Crippen molar-refractivity contribution < 1.29 is 4.39 Å². The minimum atomic E-state index is -0.270. The Bertz CT molecular complexity index is 1100. The molecule has 1 aromatic heterocycles. The van der Waals surface area contributed by atoms with E-state index in [0.29, 0.717) is 5.69 Å². The van der Waals surface area contributed by atoms with Crippen LogP contribution in [0.5, 0.6) is 0 Å². The van der Waals surface area contributed by atoms with Crippen LogP contribution in [-0.4, -0.2) is 11.2 Å². The second-order valence-corrected chi connectivity index (χ2v) is 9.69. The Hall–Kier alpha value is -2.75. The Morgan fingerprint density at radius 1 is 0.933 bits per heavy atom. The number of benzene rings is 2. The minimum absolute atomic E-state index is 0.247. The van der Waals surface area contributed by atoms with Gasteiger partial charge in [0.2, 0.25) is 0 Å². The van der Waals surface area contributed by atoms with Crippen LogP contribution in [0.1, 0.15) is 49.8 Å². The van der Waals surface area contributed by atoms with Crippen molar-refractivity contribution in [3.8, 4) is 0 Å². The highest BCUT2D eigenvalue weighted by atomic mass is 19.1. The Kier molecular flexibility index (Phi) is 4.15. The molecule has 30 heavy (non-hydrogen) atoms. The highest BCUT2D eigenvalue weighted by Crippen LogP contribution is 2.60. The normalized spacial score (nSPS) is 29.7. The summed E-state index contributed by atoms with van der Waals surface area (Å²) >= 11 is 0. The third kappa shape index (κ3) is 3.10. The molecule has 0 atom stereocenters. The number of anilines is 1. The van der Waals surface area contributed by atoms with Gasteiger partial charge in [-0.25, -0.2) is 4.39 Å². The lowest BCUT2D eigenvalue weighted by atomic mass is 9.48. The van der Waals surface area contributed by atoms with E-state index >= 15 is 0 Å². The molecule has 1 N–H and O–H groups in total. The molecule has 3 nitrogen and oxygen atoms in total. The molecule has 3 aromatic rings. The molecule has 152 valence electrons. The zero-order chi connectivity index (χ0) is 20.1. The highest BCUT2D eigenvalue weighted by Gasteiger charge is 2.52. The molecule has 0 unspecified atom stereocenters. The van der Waals surface area contributed by atoms with E-state index in [-0.39, 0.29) is 11.2 Å². The fraction of sp³-hybridized carbons (Fsp3) is 0.385. The average Bonchev–Trinajstić information content (AvgIpc) is 2.73. The maximum atomic E-state index is 13.4. The van der Waals surface area contributed by atoms with Gasteiger partial charge in [0.25, 0.3) is 0 Å². The summed E-state index contributed by atoms with van der Waals surface area (Å²) in [7, 11) is 0. The first-order valence-corrected chi connectivity index (χ1v) is 11.1. The second kappa shape index (κ2) is 6.90. The first-order chi connectivity index (χ1) is 14.7. The number of hydrazone groups is 1. The number of aromatic nitrogens is 1. The SMILES string of the molecule is Fc1cccc(N/N=C/c2cc(C34CC5CC(CC(C5)C3)C4)nc3ccccc23)c1. The van der Waals surface area contributed by atoms with Crippen LogP contribution in [0.3, 0.4) is 0 Å². The van der Waals surface area contributed by atoms with Gasteiger partial charge in [0.15, 0.2) is 0 Å². The maximum Gasteiger partial charge on any atom is 0.125 e. The van der Waals surface area contributed by atoms with Crippen LogP contribution in [0.25, 0.3) is 10.9 Å². The van der Waals surface area contributed by atoms with Gasteiger partial charge < -0.3 is 0 Å². The van der Waals surface area contributed by atoms with Crippen LogP contribution in [0.2, 0.25) is 0 Å². The molecule has 4 saturated carbocycles. The Morgan fingerprint density at radius 2 is 1.67 bits per heavy atom. The lowest BCUT2D eigenvalue weighted by molar-refractivity contribution is -0.00706. The van der Waals surface area contributed by atoms with Gasteiger partial charge in [-0.3, -0.25) is 10.4 Å². The van der Waals surface area contributed by atoms with E-state index in [4.69, 9.17) is 4.98 Å². The number of halogens is 1. The monoisotopic (exact) mass is 399 g/mol. The Morgan fingerprint density at radius 3 is 2.40 bits per heavy atom. The van der Waals surface area contributed by atoms with Crippen molar-refractivity contribution in [1.29, 1.82) is 0 Å². The van der Waals surface area contributed by atoms with E-state index in [0.717, 1.165) is 34.2 Å². The van der Waals surface area contributed by atoms with E-state index in [2.05, 4.69) is 34.8 Å². The van der Waals surface area contributed by atoms with Gasteiger partial charge in [0, 0.05) is 22.1 Å². The minimum Gasteiger partial charge on any atom is -0.278 e. The molecule has 0 radical (unpaired) electrons. The zero-order valence-corrected chi connectivity index (χ0v) is 17.0. The number of para-hydroxylation sites is 1. The first-order valence-electron chi connectivity index (χ1n) is 11.1. The molecule has 4 bridgehead atoms. The number of pyridine rings is 1. The first kappa shape index (κ1) is 18.1. The molecule has 0 amide bonds. The molecule has 4 heteroatoms. The summed E-state index contributed by atoms with van der Waals surface area (Å²) in [6.07, 6.45) is 10.0. The fourth-order valence-electron chi connectivity index (χ4n) is 6.74. The zero-order valence-electron chi connectivity index (χ0n) is 17.0. The van der Waals surface area contributed by atoms with Gasteiger partial charge in [-0.2, -0.15) is 5.10 Å². The van der Waals surface area contributed by atoms with E-state index in [1.165, 1.54) is 56.4 Å². The number of hydrogen-bond acceptors (Lipinski definition) is 3. The molecule has 4 fully saturated rings. The third-order valence-corrected chi connectivity index (χ3v) is 7.55. The molecule has 4 aliphatic rings. The highest BCUT2D eigenvalue weighted by molar-refractivity contribution is 5.98. The standard InChI is InChI=1S/C26H26FN3/c27-21-4-3-5-22(12-21)30-28-16-20-11-25(29-24-7-2-1-6-23(20)24)26-13-17-8-18(14-26)10-19(9-17)15-26/h1-7,11-12,16-19,30H,8-10,13-15H2/b28-16+. The number of nitrogens with zero attached hydrogens (tertiary/aromatic N) is 2. The van der Waals surface area contributed by atoms with Crippen molar-refractivity contribution in [3.63, 3.8) is 0 Å². The van der Waals surface area contributed by atoms with E-state index in [9.17, 15) is 4.39 Å². The smallest absolute Gasteiger partial charge is 0.125 e. The van der Waals surface area contributed by atoms with Gasteiger partial charge >= 0.3 is 0 Å². The summed E-state index contributed by atoms with van der Waals surface area (Å²) < 4.78 is 13.4. The van der Waals surface area contributed by atoms with Crippen LogP contribution in [0, 0.1) is 23.6 Å². The van der Waals surface area contributed by atoms with E-state index in [1.807, 2.05) is 18.3 Å². The van der Waals surface area contributed by atoms with Crippen LogP contribution in [0.15, 0.2) is 59.7 Å². The van der Waals surface area contributed by atoms with Crippen LogP contribution in [0.4, 0.5) is 10.1 Å². The van der Waals surface area contributed by atoms with Crippen LogP contribution in [-0.2, 0) is 5.41 Å². The molecule has 0 spiro atoms. The van der Waals surface area contributed by atoms with Crippen LogP contribution >= 0.6 is 0 Å². The van der Waals surface area contributed by atoms with Crippen molar-refractivity contribution in [2.24, 2.45) is 22.9 Å². The lowest BCUT2D eigenvalue weighted by Gasteiger charge is -2.56. The molecule has 2 aromatic carbocycles. The van der Waals surface area contributed by atoms with E-state index < -0.39 is 0 Å². The number of fused-ring (bicyclic) bond motifs is 1. The average molecular weight is 400 g/mol. The van der Waals surface area contributed by atoms with Crippen molar-refractivity contribution >= 4 is 22.8 Å².